The summed E-state index contributed by atoms with van der Waals surface area (Å²) in [5.74, 6) is 0. The Balaban J connectivity index is 1.71. The van der Waals surface area contributed by atoms with Gasteiger partial charge in [-0.05, 0) is 37.8 Å². The Bertz CT molecular complexity index is 437. The number of benzene rings is 1. The zero-order valence-electron chi connectivity index (χ0n) is 12.2. The molecule has 1 aromatic rings. The maximum Gasteiger partial charge on any atom is 0.0597 e. The van der Waals surface area contributed by atoms with Crippen LogP contribution in [0.1, 0.15) is 44.2 Å². The smallest absolute Gasteiger partial charge is 0.0597 e. The second kappa shape index (κ2) is 5.26. The van der Waals surface area contributed by atoms with Gasteiger partial charge in [-0.1, -0.05) is 30.7 Å². The Kier molecular flexibility index (Phi) is 3.64. The van der Waals surface area contributed by atoms with Crippen molar-refractivity contribution < 1.29 is 4.74 Å². The maximum absolute atomic E-state index is 5.71. The Hall–Kier alpha value is -0.860. The summed E-state index contributed by atoms with van der Waals surface area (Å²) in [5, 5.41) is 0. The fraction of sp³-hybridized carbons (Fsp3) is 0.647. The molecule has 1 aliphatic heterocycles. The van der Waals surface area contributed by atoms with Gasteiger partial charge in [-0.2, -0.15) is 0 Å². The average Bonchev–Trinajstić information content (AvgIpc) is 2.35. The molecule has 0 amide bonds. The van der Waals surface area contributed by atoms with E-state index in [0.717, 1.165) is 19.7 Å². The van der Waals surface area contributed by atoms with E-state index < -0.39 is 0 Å². The Morgan fingerprint density at radius 2 is 2.05 bits per heavy atom. The molecule has 1 aromatic carbocycles. The summed E-state index contributed by atoms with van der Waals surface area (Å²) in [5.41, 5.74) is 3.63. The first-order chi connectivity index (χ1) is 9.20. The zero-order valence-corrected chi connectivity index (χ0v) is 12.2. The lowest BCUT2D eigenvalue weighted by molar-refractivity contribution is 0.0387. The fourth-order valence-corrected chi connectivity index (χ4v) is 3.59. The molecule has 2 aliphatic rings. The van der Waals surface area contributed by atoms with Gasteiger partial charge >= 0.3 is 0 Å². The Morgan fingerprint density at radius 1 is 1.26 bits per heavy atom. The first-order valence-corrected chi connectivity index (χ1v) is 7.62. The molecule has 0 unspecified atom stereocenters. The lowest BCUT2D eigenvalue weighted by atomic mass is 9.61. The molecule has 0 bridgehead atoms. The van der Waals surface area contributed by atoms with Gasteiger partial charge < -0.3 is 4.74 Å². The summed E-state index contributed by atoms with van der Waals surface area (Å²) in [4.78, 5) is 2.59. The number of hydrogen-bond donors (Lipinski definition) is 0. The molecular formula is C17H25NO. The first-order valence-electron chi connectivity index (χ1n) is 7.62. The lowest BCUT2D eigenvalue weighted by Gasteiger charge is -2.50. The van der Waals surface area contributed by atoms with Gasteiger partial charge in [0.2, 0.25) is 0 Å². The summed E-state index contributed by atoms with van der Waals surface area (Å²) in [6.07, 6.45) is 4.47. The van der Waals surface area contributed by atoms with Crippen molar-refractivity contribution in [3.05, 3.63) is 35.4 Å². The van der Waals surface area contributed by atoms with Crippen LogP contribution in [0.5, 0.6) is 0 Å². The predicted molar refractivity (Wildman–Crippen MR) is 78.3 cm³/mol. The van der Waals surface area contributed by atoms with Crippen LogP contribution < -0.4 is 0 Å². The van der Waals surface area contributed by atoms with Crippen LogP contribution in [0.4, 0.5) is 0 Å². The quantitative estimate of drug-likeness (QED) is 0.822. The molecule has 1 aliphatic carbocycles. The van der Waals surface area contributed by atoms with E-state index in [0.29, 0.717) is 11.5 Å². The minimum atomic E-state index is 0.342. The van der Waals surface area contributed by atoms with E-state index in [1.165, 1.54) is 31.4 Å². The van der Waals surface area contributed by atoms with E-state index >= 15 is 0 Å². The lowest BCUT2D eigenvalue weighted by Crippen LogP contribution is -2.50. The normalized spacial score (nSPS) is 21.4. The van der Waals surface area contributed by atoms with Gasteiger partial charge in [-0.15, -0.1) is 0 Å². The van der Waals surface area contributed by atoms with Crippen molar-refractivity contribution in [2.24, 2.45) is 0 Å². The van der Waals surface area contributed by atoms with Crippen LogP contribution in [0.2, 0.25) is 0 Å². The van der Waals surface area contributed by atoms with Crippen LogP contribution >= 0.6 is 0 Å². The third-order valence-electron chi connectivity index (χ3n) is 4.68. The Labute approximate surface area is 116 Å². The van der Waals surface area contributed by atoms with Gasteiger partial charge in [0.05, 0.1) is 12.7 Å². The molecule has 0 atom stereocenters. The third kappa shape index (κ3) is 2.56. The number of nitrogens with zero attached hydrogens (tertiary/aromatic N) is 1. The molecule has 0 saturated heterocycles. The number of ether oxygens (including phenoxy) is 1. The number of rotatable bonds is 4. The van der Waals surface area contributed by atoms with Gasteiger partial charge in [0.25, 0.3) is 0 Å². The van der Waals surface area contributed by atoms with Crippen LogP contribution in [0, 0.1) is 0 Å². The fourth-order valence-electron chi connectivity index (χ4n) is 3.59. The molecular weight excluding hydrogens is 234 g/mol. The molecule has 0 aromatic heterocycles. The Morgan fingerprint density at radius 3 is 2.74 bits per heavy atom. The van der Waals surface area contributed by atoms with E-state index in [2.05, 4.69) is 43.0 Å². The van der Waals surface area contributed by atoms with E-state index in [1.54, 1.807) is 5.56 Å². The molecule has 104 valence electrons. The summed E-state index contributed by atoms with van der Waals surface area (Å²) in [6, 6.07) is 9.05. The summed E-state index contributed by atoms with van der Waals surface area (Å²) in [6.45, 7) is 8.47. The molecule has 19 heavy (non-hydrogen) atoms. The van der Waals surface area contributed by atoms with Gasteiger partial charge in [-0.25, -0.2) is 0 Å². The molecule has 2 heteroatoms. The number of hydrogen-bond acceptors (Lipinski definition) is 2. The van der Waals surface area contributed by atoms with E-state index in [9.17, 15) is 0 Å². The molecule has 1 heterocycles. The monoisotopic (exact) mass is 259 g/mol. The largest absolute Gasteiger partial charge is 0.377 e. The van der Waals surface area contributed by atoms with E-state index in [1.807, 2.05) is 0 Å². The third-order valence-corrected chi connectivity index (χ3v) is 4.68. The molecule has 0 radical (unpaired) electrons. The van der Waals surface area contributed by atoms with Gasteiger partial charge in [0, 0.05) is 25.0 Å². The van der Waals surface area contributed by atoms with Crippen LogP contribution in [-0.4, -0.2) is 30.7 Å². The van der Waals surface area contributed by atoms with Gasteiger partial charge in [0.1, 0.15) is 0 Å². The molecule has 1 fully saturated rings. The van der Waals surface area contributed by atoms with Gasteiger partial charge in [-0.3, -0.25) is 4.90 Å². The van der Waals surface area contributed by atoms with E-state index in [-0.39, 0.29) is 0 Å². The minimum absolute atomic E-state index is 0.342. The molecule has 2 nitrogen and oxygen atoms in total. The van der Waals surface area contributed by atoms with Crippen molar-refractivity contribution in [3.8, 4) is 0 Å². The van der Waals surface area contributed by atoms with Crippen LogP contribution in [0.15, 0.2) is 24.3 Å². The first kappa shape index (κ1) is 13.1. The predicted octanol–water partition coefficient (Wildman–Crippen LogP) is 3.35. The summed E-state index contributed by atoms with van der Waals surface area (Å²) in [7, 11) is 0. The van der Waals surface area contributed by atoms with Crippen molar-refractivity contribution >= 4 is 0 Å². The standard InChI is InChI=1S/C17H25NO/c1-14(2)19-11-10-18-12-15-6-3-4-7-16(15)17(13-18)8-5-9-17/h3-4,6-7,14H,5,8-13H2,1-2H3. The highest BCUT2D eigenvalue weighted by Crippen LogP contribution is 2.48. The SMILES string of the molecule is CC(C)OCCN1Cc2ccccc2C2(CCC2)C1. The van der Waals surface area contributed by atoms with Crippen molar-refractivity contribution in [2.75, 3.05) is 19.7 Å². The van der Waals surface area contributed by atoms with Crippen molar-refractivity contribution in [1.82, 2.24) is 4.90 Å². The maximum atomic E-state index is 5.71. The van der Waals surface area contributed by atoms with Crippen molar-refractivity contribution in [3.63, 3.8) is 0 Å². The molecule has 3 rings (SSSR count). The second-order valence-electron chi connectivity index (χ2n) is 6.42. The summed E-state index contributed by atoms with van der Waals surface area (Å²) >= 11 is 0. The van der Waals surface area contributed by atoms with Crippen molar-refractivity contribution in [1.29, 1.82) is 0 Å². The molecule has 0 N–H and O–H groups in total. The van der Waals surface area contributed by atoms with E-state index in [4.69, 9.17) is 4.74 Å². The van der Waals surface area contributed by atoms with Crippen molar-refractivity contribution in [2.45, 2.75) is 51.2 Å². The minimum Gasteiger partial charge on any atom is -0.377 e. The number of fused-ring (bicyclic) bond motifs is 2. The van der Waals surface area contributed by atoms with Crippen LogP contribution in [-0.2, 0) is 16.7 Å². The zero-order chi connectivity index (χ0) is 13.3. The molecule has 1 spiro atoms. The topological polar surface area (TPSA) is 12.5 Å². The van der Waals surface area contributed by atoms with Gasteiger partial charge in [0.15, 0.2) is 0 Å². The highest BCUT2D eigenvalue weighted by Gasteiger charge is 2.43. The summed E-state index contributed by atoms with van der Waals surface area (Å²) < 4.78 is 5.71. The van der Waals surface area contributed by atoms with Crippen LogP contribution in [0.25, 0.3) is 0 Å². The highest BCUT2D eigenvalue weighted by atomic mass is 16.5. The second-order valence-corrected chi connectivity index (χ2v) is 6.42. The highest BCUT2D eigenvalue weighted by molar-refractivity contribution is 5.38. The average molecular weight is 259 g/mol. The molecule has 1 saturated carbocycles. The van der Waals surface area contributed by atoms with Crippen LogP contribution in [0.3, 0.4) is 0 Å².